The third-order valence-electron chi connectivity index (χ3n) is 9.74. The minimum absolute atomic E-state index is 0.0366. The third-order valence-corrected chi connectivity index (χ3v) is 9.74. The van der Waals surface area contributed by atoms with Crippen molar-refractivity contribution >= 4 is 17.4 Å². The zero-order valence-electron chi connectivity index (χ0n) is 20.9. The predicted octanol–water partition coefficient (Wildman–Crippen LogP) is 3.77. The van der Waals surface area contributed by atoms with Crippen LogP contribution in [0, 0.1) is 28.6 Å². The first-order valence-electron chi connectivity index (χ1n) is 12.5. The summed E-state index contributed by atoms with van der Waals surface area (Å²) in [5.74, 6) is -1.72. The summed E-state index contributed by atoms with van der Waals surface area (Å²) >= 11 is 0. The molecule has 0 amide bonds. The van der Waals surface area contributed by atoms with Gasteiger partial charge in [0.05, 0.1) is 12.7 Å². The van der Waals surface area contributed by atoms with Gasteiger partial charge in [-0.3, -0.25) is 4.79 Å². The molecule has 3 saturated carbocycles. The molecule has 0 bridgehead atoms. The highest BCUT2D eigenvalue weighted by molar-refractivity contribution is 6.05. The SMILES string of the molecule is CCCC(=O)O[C@]1(/C(CO)=N/O)[C@@H](C)C[C@H]2[C@@H]3CCC4=CC(=NO)C=C[C@]4(C)[C@@]3(F)[C@@H](O)C[C@@]21C. The molecule has 35 heavy (non-hydrogen) atoms. The van der Waals surface area contributed by atoms with E-state index in [2.05, 4.69) is 10.3 Å². The monoisotopic (exact) mass is 492 g/mol. The summed E-state index contributed by atoms with van der Waals surface area (Å²) in [6.45, 7) is 6.74. The molecule has 0 aromatic heterocycles. The van der Waals surface area contributed by atoms with E-state index in [0.29, 0.717) is 31.4 Å². The second-order valence-corrected chi connectivity index (χ2v) is 11.2. The van der Waals surface area contributed by atoms with Gasteiger partial charge < -0.3 is 25.4 Å². The van der Waals surface area contributed by atoms with E-state index >= 15 is 4.39 Å². The van der Waals surface area contributed by atoms with Gasteiger partial charge >= 0.3 is 5.97 Å². The van der Waals surface area contributed by atoms with Crippen LogP contribution in [0.25, 0.3) is 0 Å². The minimum Gasteiger partial charge on any atom is -0.452 e. The number of ether oxygens (including phenoxy) is 1. The molecule has 0 aliphatic heterocycles. The van der Waals surface area contributed by atoms with Gasteiger partial charge in [0.1, 0.15) is 11.4 Å². The lowest BCUT2D eigenvalue weighted by Crippen LogP contribution is -2.70. The number of esters is 1. The lowest BCUT2D eigenvalue weighted by Gasteiger charge is -2.63. The van der Waals surface area contributed by atoms with Crippen molar-refractivity contribution in [2.24, 2.45) is 38.9 Å². The Labute approximate surface area is 205 Å². The first-order valence-corrected chi connectivity index (χ1v) is 12.5. The first kappa shape index (κ1) is 25.8. The average molecular weight is 493 g/mol. The van der Waals surface area contributed by atoms with E-state index in [1.165, 1.54) is 0 Å². The molecule has 194 valence electrons. The molecule has 0 radical (unpaired) electrons. The van der Waals surface area contributed by atoms with Crippen LogP contribution < -0.4 is 0 Å². The van der Waals surface area contributed by atoms with Crippen LogP contribution in [0.15, 0.2) is 34.1 Å². The fourth-order valence-electron chi connectivity index (χ4n) is 8.15. The summed E-state index contributed by atoms with van der Waals surface area (Å²) in [4.78, 5) is 12.8. The summed E-state index contributed by atoms with van der Waals surface area (Å²) in [5, 5.41) is 47.4. The molecule has 0 spiro atoms. The molecule has 4 aliphatic carbocycles. The molecule has 0 unspecified atom stereocenters. The summed E-state index contributed by atoms with van der Waals surface area (Å²) in [5.41, 5.74) is -4.48. The smallest absolute Gasteiger partial charge is 0.306 e. The largest absolute Gasteiger partial charge is 0.452 e. The number of alkyl halides is 1. The highest BCUT2D eigenvalue weighted by Gasteiger charge is 2.76. The van der Waals surface area contributed by atoms with Crippen LogP contribution in [0.4, 0.5) is 4.39 Å². The molecule has 8 nitrogen and oxygen atoms in total. The van der Waals surface area contributed by atoms with E-state index in [-0.39, 0.29) is 30.4 Å². The van der Waals surface area contributed by atoms with Crippen molar-refractivity contribution in [1.82, 2.24) is 0 Å². The molecule has 0 saturated heterocycles. The Balaban J connectivity index is 1.85. The predicted molar refractivity (Wildman–Crippen MR) is 127 cm³/mol. The number of carbonyl (C=O) groups is 1. The number of aliphatic hydroxyl groups is 2. The maximum absolute atomic E-state index is 17.4. The van der Waals surface area contributed by atoms with E-state index < -0.39 is 46.7 Å². The van der Waals surface area contributed by atoms with Gasteiger partial charge in [-0.05, 0) is 57.1 Å². The lowest BCUT2D eigenvalue weighted by atomic mass is 9.44. The molecule has 3 fully saturated rings. The van der Waals surface area contributed by atoms with Crippen LogP contribution in [0.2, 0.25) is 0 Å². The number of carbonyl (C=O) groups excluding carboxylic acids is 1. The number of fused-ring (bicyclic) bond motifs is 5. The van der Waals surface area contributed by atoms with E-state index in [9.17, 15) is 25.4 Å². The van der Waals surface area contributed by atoms with Gasteiger partial charge in [-0.25, -0.2) is 4.39 Å². The van der Waals surface area contributed by atoms with Crippen LogP contribution in [0.5, 0.6) is 0 Å². The van der Waals surface area contributed by atoms with Gasteiger partial charge in [0.15, 0.2) is 11.3 Å². The van der Waals surface area contributed by atoms with E-state index in [1.54, 1.807) is 25.2 Å². The lowest BCUT2D eigenvalue weighted by molar-refractivity contribution is -0.217. The van der Waals surface area contributed by atoms with Gasteiger partial charge in [-0.2, -0.15) is 0 Å². The standard InChI is InChI=1S/C26H37FN2O6/c1-5-6-22(32)35-26(20(14-30)29-34)15(2)11-19-18-8-7-16-12-17(28-33)9-10-23(16,3)25(18,27)21(31)13-24(19,26)4/h9-10,12,15,18-19,21,30-31,33-34H,5-8,11,13-14H2,1-4H3/b28-17?,29-20+/t15-,18-,19-,21-,23-,24-,25-,26-/m0/s1. The molecule has 9 heteroatoms. The Hall–Kier alpha value is -2.26. The van der Waals surface area contributed by atoms with Crippen LogP contribution in [-0.4, -0.2) is 62.0 Å². The van der Waals surface area contributed by atoms with Crippen molar-refractivity contribution in [3.8, 4) is 0 Å². The number of nitrogens with zero attached hydrogens (tertiary/aromatic N) is 2. The quantitative estimate of drug-likeness (QED) is 0.200. The number of halogens is 1. The molecule has 8 atom stereocenters. The second kappa shape index (κ2) is 8.69. The Morgan fingerprint density at radius 1 is 1.29 bits per heavy atom. The Morgan fingerprint density at radius 2 is 2.00 bits per heavy atom. The number of allylic oxidation sites excluding steroid dienone is 4. The molecule has 0 heterocycles. The second-order valence-electron chi connectivity index (χ2n) is 11.2. The van der Waals surface area contributed by atoms with Crippen molar-refractivity contribution < 1.29 is 34.5 Å². The van der Waals surface area contributed by atoms with Crippen LogP contribution >= 0.6 is 0 Å². The third kappa shape index (κ3) is 3.19. The number of hydrogen-bond donors (Lipinski definition) is 4. The fourth-order valence-corrected chi connectivity index (χ4v) is 8.15. The fraction of sp³-hybridized carbons (Fsp3) is 0.731. The minimum atomic E-state index is -2.00. The molecule has 0 aromatic carbocycles. The highest BCUT2D eigenvalue weighted by atomic mass is 19.1. The zero-order valence-corrected chi connectivity index (χ0v) is 20.9. The maximum atomic E-state index is 17.4. The van der Waals surface area contributed by atoms with Crippen LogP contribution in [0.1, 0.15) is 66.2 Å². The number of oxime groups is 2. The normalized spacial score (nSPS) is 46.0. The number of aliphatic hydroxyl groups excluding tert-OH is 2. The van der Waals surface area contributed by atoms with Gasteiger partial charge in [0.2, 0.25) is 0 Å². The molecule has 4 rings (SSSR count). The molecule has 4 aliphatic rings. The molecule has 4 N–H and O–H groups in total. The molecular weight excluding hydrogens is 455 g/mol. The van der Waals surface area contributed by atoms with E-state index in [1.807, 2.05) is 20.8 Å². The molecular formula is C26H37FN2O6. The van der Waals surface area contributed by atoms with Gasteiger partial charge in [0.25, 0.3) is 0 Å². The Morgan fingerprint density at radius 3 is 2.60 bits per heavy atom. The van der Waals surface area contributed by atoms with Gasteiger partial charge in [-0.1, -0.05) is 42.7 Å². The van der Waals surface area contributed by atoms with Gasteiger partial charge in [-0.15, -0.1) is 0 Å². The summed E-state index contributed by atoms with van der Waals surface area (Å²) in [6, 6.07) is 0. The summed E-state index contributed by atoms with van der Waals surface area (Å²) < 4.78 is 23.5. The van der Waals surface area contributed by atoms with E-state index in [4.69, 9.17) is 4.74 Å². The van der Waals surface area contributed by atoms with Crippen LogP contribution in [-0.2, 0) is 9.53 Å². The van der Waals surface area contributed by atoms with Crippen LogP contribution in [0.3, 0.4) is 0 Å². The maximum Gasteiger partial charge on any atom is 0.306 e. The Kier molecular flexibility index (Phi) is 6.41. The van der Waals surface area contributed by atoms with Crippen molar-refractivity contribution in [3.05, 3.63) is 23.8 Å². The van der Waals surface area contributed by atoms with Gasteiger partial charge in [0, 0.05) is 29.1 Å². The summed E-state index contributed by atoms with van der Waals surface area (Å²) in [7, 11) is 0. The van der Waals surface area contributed by atoms with Crippen molar-refractivity contribution in [3.63, 3.8) is 0 Å². The Bertz CT molecular complexity index is 1010. The van der Waals surface area contributed by atoms with E-state index in [0.717, 1.165) is 5.57 Å². The highest BCUT2D eigenvalue weighted by Crippen LogP contribution is 2.71. The molecule has 0 aromatic rings. The first-order chi connectivity index (χ1) is 16.5. The number of rotatable bonds is 5. The zero-order chi connectivity index (χ0) is 25.8. The van der Waals surface area contributed by atoms with Crippen molar-refractivity contribution in [2.45, 2.75) is 83.6 Å². The average Bonchev–Trinajstić information content (AvgIpc) is 3.02. The topological polar surface area (TPSA) is 132 Å². The van der Waals surface area contributed by atoms with Crippen molar-refractivity contribution in [2.75, 3.05) is 6.61 Å². The summed E-state index contributed by atoms with van der Waals surface area (Å²) in [6.07, 6.45) is 5.73. The number of hydrogen-bond acceptors (Lipinski definition) is 8. The van der Waals surface area contributed by atoms with Crippen molar-refractivity contribution in [1.29, 1.82) is 0 Å².